The number of carbonyl (C=O) groups excluding carboxylic acids is 1. The number of hydrogen-bond acceptors (Lipinski definition) is 5. The number of para-hydroxylation sites is 1. The van der Waals surface area contributed by atoms with Gasteiger partial charge in [0.1, 0.15) is 16.2 Å². The van der Waals surface area contributed by atoms with E-state index in [-0.39, 0.29) is 22.1 Å². The van der Waals surface area contributed by atoms with Crippen LogP contribution in [0.25, 0.3) is 11.0 Å². The zero-order valence-electron chi connectivity index (χ0n) is 16.3. The summed E-state index contributed by atoms with van der Waals surface area (Å²) in [5.41, 5.74) is 1.18. The molecule has 2 N–H and O–H groups in total. The average molecular weight is 457 g/mol. The molecule has 4 rings (SSSR count). The van der Waals surface area contributed by atoms with Crippen LogP contribution in [0.3, 0.4) is 0 Å². The van der Waals surface area contributed by atoms with Gasteiger partial charge in [0, 0.05) is 21.8 Å². The number of benzene rings is 3. The lowest BCUT2D eigenvalue weighted by atomic mass is 10.2. The molecule has 0 atom stereocenters. The standard InChI is InChI=1S/C22H17ClN2O5S/c1-29-19-11-10-17(24-22(26)20-12-14-4-2-3-5-18(14)30-20)13-21(19)31(27,28)25-16-8-6-15(23)7-9-16/h2-13,25H,1H3,(H,24,26). The number of anilines is 2. The second-order valence-electron chi connectivity index (χ2n) is 6.58. The van der Waals surface area contributed by atoms with Crippen molar-refractivity contribution in [2.75, 3.05) is 17.1 Å². The minimum absolute atomic E-state index is 0.112. The highest BCUT2D eigenvalue weighted by molar-refractivity contribution is 7.92. The minimum atomic E-state index is -4.01. The summed E-state index contributed by atoms with van der Waals surface area (Å²) < 4.78 is 39.1. The normalized spacial score (nSPS) is 11.3. The molecule has 0 saturated heterocycles. The molecule has 3 aromatic carbocycles. The van der Waals surface area contributed by atoms with Crippen LogP contribution in [-0.4, -0.2) is 21.4 Å². The van der Waals surface area contributed by atoms with Gasteiger partial charge < -0.3 is 14.5 Å². The van der Waals surface area contributed by atoms with E-state index in [4.69, 9.17) is 20.8 Å². The van der Waals surface area contributed by atoms with E-state index in [0.717, 1.165) is 5.39 Å². The first-order chi connectivity index (χ1) is 14.9. The minimum Gasteiger partial charge on any atom is -0.495 e. The third-order valence-electron chi connectivity index (χ3n) is 4.46. The second-order valence-corrected chi connectivity index (χ2v) is 8.67. The highest BCUT2D eigenvalue weighted by atomic mass is 35.5. The average Bonchev–Trinajstić information content (AvgIpc) is 3.20. The van der Waals surface area contributed by atoms with Crippen molar-refractivity contribution in [2.45, 2.75) is 4.90 Å². The Hall–Kier alpha value is -3.49. The highest BCUT2D eigenvalue weighted by Crippen LogP contribution is 2.30. The third-order valence-corrected chi connectivity index (χ3v) is 6.11. The summed E-state index contributed by atoms with van der Waals surface area (Å²) in [5.74, 6) is -0.265. The van der Waals surface area contributed by atoms with Crippen LogP contribution in [0.15, 0.2) is 82.1 Å². The molecule has 0 aliphatic rings. The van der Waals surface area contributed by atoms with Crippen LogP contribution in [0.5, 0.6) is 5.75 Å². The zero-order chi connectivity index (χ0) is 22.0. The molecule has 0 radical (unpaired) electrons. The number of fused-ring (bicyclic) bond motifs is 1. The maximum absolute atomic E-state index is 12.9. The predicted octanol–water partition coefficient (Wildman–Crippen LogP) is 5.15. The SMILES string of the molecule is COc1ccc(NC(=O)c2cc3ccccc3o2)cc1S(=O)(=O)Nc1ccc(Cl)cc1. The number of sulfonamides is 1. The van der Waals surface area contributed by atoms with Gasteiger partial charge in [0.25, 0.3) is 15.9 Å². The molecule has 1 amide bonds. The monoisotopic (exact) mass is 456 g/mol. The largest absolute Gasteiger partial charge is 0.495 e. The molecule has 1 aromatic heterocycles. The zero-order valence-corrected chi connectivity index (χ0v) is 17.8. The lowest BCUT2D eigenvalue weighted by Crippen LogP contribution is -2.16. The number of furan rings is 1. The number of nitrogens with one attached hydrogen (secondary N) is 2. The summed E-state index contributed by atoms with van der Waals surface area (Å²) >= 11 is 5.85. The molecule has 31 heavy (non-hydrogen) atoms. The summed E-state index contributed by atoms with van der Waals surface area (Å²) in [6.07, 6.45) is 0. The second kappa shape index (κ2) is 8.33. The maximum Gasteiger partial charge on any atom is 0.291 e. The number of carbonyl (C=O) groups is 1. The molecule has 158 valence electrons. The summed E-state index contributed by atoms with van der Waals surface area (Å²) in [6.45, 7) is 0. The van der Waals surface area contributed by atoms with Crippen LogP contribution >= 0.6 is 11.6 Å². The van der Waals surface area contributed by atoms with Gasteiger partial charge in [-0.3, -0.25) is 9.52 Å². The van der Waals surface area contributed by atoms with Gasteiger partial charge in [-0.25, -0.2) is 8.42 Å². The van der Waals surface area contributed by atoms with E-state index in [9.17, 15) is 13.2 Å². The van der Waals surface area contributed by atoms with Crippen molar-refractivity contribution >= 4 is 49.9 Å². The quantitative estimate of drug-likeness (QED) is 0.418. The molecule has 4 aromatic rings. The van der Waals surface area contributed by atoms with Gasteiger partial charge in [-0.2, -0.15) is 0 Å². The fourth-order valence-electron chi connectivity index (χ4n) is 2.98. The molecule has 0 saturated carbocycles. The molecule has 9 heteroatoms. The van der Waals surface area contributed by atoms with Gasteiger partial charge in [0.15, 0.2) is 5.76 Å². The van der Waals surface area contributed by atoms with Gasteiger partial charge in [0.2, 0.25) is 0 Å². The molecule has 0 unspecified atom stereocenters. The van der Waals surface area contributed by atoms with Crippen molar-refractivity contribution in [1.29, 1.82) is 0 Å². The van der Waals surface area contributed by atoms with E-state index < -0.39 is 15.9 Å². The fraction of sp³-hybridized carbons (Fsp3) is 0.0455. The molecular weight excluding hydrogens is 440 g/mol. The lowest BCUT2D eigenvalue weighted by Gasteiger charge is -2.13. The number of ether oxygens (including phenoxy) is 1. The van der Waals surface area contributed by atoms with E-state index in [1.807, 2.05) is 18.2 Å². The van der Waals surface area contributed by atoms with E-state index in [1.54, 1.807) is 42.5 Å². The highest BCUT2D eigenvalue weighted by Gasteiger charge is 2.21. The van der Waals surface area contributed by atoms with Gasteiger partial charge in [-0.1, -0.05) is 29.8 Å². The summed E-state index contributed by atoms with van der Waals surface area (Å²) in [5, 5.41) is 3.93. The number of halogens is 1. The molecule has 7 nitrogen and oxygen atoms in total. The first-order valence-corrected chi connectivity index (χ1v) is 11.0. The van der Waals surface area contributed by atoms with Crippen molar-refractivity contribution in [3.05, 3.63) is 83.6 Å². The number of amides is 1. The third kappa shape index (κ3) is 4.50. The Labute approximate surface area is 183 Å². The summed E-state index contributed by atoms with van der Waals surface area (Å²) in [7, 11) is -2.64. The summed E-state index contributed by atoms with van der Waals surface area (Å²) in [6, 6.07) is 19.4. The summed E-state index contributed by atoms with van der Waals surface area (Å²) in [4.78, 5) is 12.5. The van der Waals surface area contributed by atoms with Crippen molar-refractivity contribution in [2.24, 2.45) is 0 Å². The van der Waals surface area contributed by atoms with Crippen molar-refractivity contribution < 1.29 is 22.4 Å². The van der Waals surface area contributed by atoms with Crippen LogP contribution in [0.4, 0.5) is 11.4 Å². The fourth-order valence-corrected chi connectivity index (χ4v) is 4.36. The van der Waals surface area contributed by atoms with Crippen LogP contribution in [0.2, 0.25) is 5.02 Å². The topological polar surface area (TPSA) is 97.6 Å². The molecule has 0 aliphatic heterocycles. The smallest absolute Gasteiger partial charge is 0.291 e. The Morgan fingerprint density at radius 3 is 2.39 bits per heavy atom. The molecule has 1 heterocycles. The van der Waals surface area contributed by atoms with E-state index in [0.29, 0.717) is 16.3 Å². The van der Waals surface area contributed by atoms with Gasteiger partial charge >= 0.3 is 0 Å². The molecule has 0 spiro atoms. The number of methoxy groups -OCH3 is 1. The van der Waals surface area contributed by atoms with Gasteiger partial charge in [0.05, 0.1) is 7.11 Å². The molecule has 0 bridgehead atoms. The Morgan fingerprint density at radius 2 is 1.68 bits per heavy atom. The Morgan fingerprint density at radius 1 is 0.968 bits per heavy atom. The maximum atomic E-state index is 12.9. The van der Waals surface area contributed by atoms with Crippen LogP contribution in [0.1, 0.15) is 10.6 Å². The number of rotatable bonds is 6. The Balaban J connectivity index is 1.62. The first-order valence-electron chi connectivity index (χ1n) is 9.12. The predicted molar refractivity (Wildman–Crippen MR) is 119 cm³/mol. The van der Waals surface area contributed by atoms with Gasteiger partial charge in [-0.15, -0.1) is 0 Å². The van der Waals surface area contributed by atoms with Crippen LogP contribution in [0, 0.1) is 0 Å². The Bertz CT molecular complexity index is 1330. The molecule has 0 fully saturated rings. The van der Waals surface area contributed by atoms with Crippen molar-refractivity contribution in [1.82, 2.24) is 0 Å². The lowest BCUT2D eigenvalue weighted by molar-refractivity contribution is 0.0998. The van der Waals surface area contributed by atoms with E-state index >= 15 is 0 Å². The van der Waals surface area contributed by atoms with Crippen molar-refractivity contribution in [3.63, 3.8) is 0 Å². The van der Waals surface area contributed by atoms with E-state index in [2.05, 4.69) is 10.0 Å². The van der Waals surface area contributed by atoms with Crippen LogP contribution < -0.4 is 14.8 Å². The molecular formula is C22H17ClN2O5S. The Kier molecular flexibility index (Phi) is 5.58. The van der Waals surface area contributed by atoms with Crippen LogP contribution in [-0.2, 0) is 10.0 Å². The number of hydrogen-bond donors (Lipinski definition) is 2. The van der Waals surface area contributed by atoms with Crippen molar-refractivity contribution in [3.8, 4) is 5.75 Å². The van der Waals surface area contributed by atoms with Gasteiger partial charge in [-0.05, 0) is 54.6 Å². The van der Waals surface area contributed by atoms with E-state index in [1.165, 1.54) is 19.2 Å². The first kappa shape index (κ1) is 20.8. The molecule has 0 aliphatic carbocycles.